The van der Waals surface area contributed by atoms with E-state index in [9.17, 15) is 4.79 Å². The van der Waals surface area contributed by atoms with Gasteiger partial charge in [-0.2, -0.15) is 0 Å². The summed E-state index contributed by atoms with van der Waals surface area (Å²) >= 11 is 0. The molecule has 0 aliphatic heterocycles. The molecule has 0 heterocycles. The zero-order chi connectivity index (χ0) is 11.5. The fourth-order valence-corrected chi connectivity index (χ4v) is 2.14. The molecular formula is C12H17N3O. The number of hydrogen-bond acceptors (Lipinski definition) is 2. The molecule has 0 saturated heterocycles. The second-order valence-electron chi connectivity index (χ2n) is 4.17. The predicted octanol–water partition coefficient (Wildman–Crippen LogP) is 1.58. The summed E-state index contributed by atoms with van der Waals surface area (Å²) in [5, 5.41) is 0. The van der Waals surface area contributed by atoms with Gasteiger partial charge in [0.05, 0.1) is 0 Å². The standard InChI is InChI=1S/C12H17N3O/c1-15(12(16)14-13)11-7-6-9-4-2-3-5-10(9)8-11/h6-8H,2-5,13H2,1H3,(H,14,16). The molecule has 0 spiro atoms. The summed E-state index contributed by atoms with van der Waals surface area (Å²) in [6.07, 6.45) is 4.78. The molecule has 0 saturated carbocycles. The Kier molecular flexibility index (Phi) is 3.10. The van der Waals surface area contributed by atoms with Crippen molar-refractivity contribution in [1.29, 1.82) is 0 Å². The molecule has 0 radical (unpaired) electrons. The van der Waals surface area contributed by atoms with Crippen LogP contribution in [0.1, 0.15) is 24.0 Å². The first kappa shape index (κ1) is 11.0. The number of amides is 2. The third-order valence-electron chi connectivity index (χ3n) is 3.15. The Hall–Kier alpha value is -1.55. The van der Waals surface area contributed by atoms with Gasteiger partial charge in [-0.05, 0) is 48.9 Å². The number of anilines is 1. The largest absolute Gasteiger partial charge is 0.335 e. The molecule has 1 aromatic rings. The topological polar surface area (TPSA) is 58.4 Å². The van der Waals surface area contributed by atoms with Gasteiger partial charge in [0.15, 0.2) is 0 Å². The Morgan fingerprint density at radius 1 is 1.31 bits per heavy atom. The van der Waals surface area contributed by atoms with Crippen LogP contribution in [-0.2, 0) is 12.8 Å². The molecule has 3 N–H and O–H groups in total. The highest BCUT2D eigenvalue weighted by molar-refractivity contribution is 5.91. The number of carbonyl (C=O) groups excluding carboxylic acids is 1. The monoisotopic (exact) mass is 219 g/mol. The maximum absolute atomic E-state index is 11.4. The number of urea groups is 1. The number of fused-ring (bicyclic) bond motifs is 1. The molecule has 0 atom stereocenters. The Labute approximate surface area is 95.4 Å². The first-order chi connectivity index (χ1) is 7.72. The molecule has 1 aromatic carbocycles. The molecule has 0 unspecified atom stereocenters. The smallest absolute Gasteiger partial charge is 0.296 e. The van der Waals surface area contributed by atoms with Crippen molar-refractivity contribution in [3.8, 4) is 0 Å². The summed E-state index contributed by atoms with van der Waals surface area (Å²) in [6.45, 7) is 0. The zero-order valence-corrected chi connectivity index (χ0v) is 9.49. The van der Waals surface area contributed by atoms with Crippen LogP contribution in [0.3, 0.4) is 0 Å². The van der Waals surface area contributed by atoms with Crippen molar-refractivity contribution < 1.29 is 4.79 Å². The SMILES string of the molecule is CN(C(=O)NN)c1ccc2c(c1)CCCC2. The van der Waals surface area contributed by atoms with Gasteiger partial charge in [-0.25, -0.2) is 10.6 Å². The van der Waals surface area contributed by atoms with E-state index in [0.29, 0.717) is 0 Å². The van der Waals surface area contributed by atoms with Crippen LogP contribution in [-0.4, -0.2) is 13.1 Å². The minimum atomic E-state index is -0.296. The number of nitrogens with zero attached hydrogens (tertiary/aromatic N) is 1. The van der Waals surface area contributed by atoms with Crippen molar-refractivity contribution in [2.75, 3.05) is 11.9 Å². The van der Waals surface area contributed by atoms with E-state index in [1.807, 2.05) is 6.07 Å². The minimum Gasteiger partial charge on any atom is -0.296 e. The van der Waals surface area contributed by atoms with Crippen molar-refractivity contribution in [2.24, 2.45) is 5.84 Å². The second-order valence-corrected chi connectivity index (χ2v) is 4.17. The van der Waals surface area contributed by atoms with Gasteiger partial charge < -0.3 is 0 Å². The van der Waals surface area contributed by atoms with E-state index in [-0.39, 0.29) is 6.03 Å². The average molecular weight is 219 g/mol. The van der Waals surface area contributed by atoms with Crippen molar-refractivity contribution in [3.05, 3.63) is 29.3 Å². The predicted molar refractivity (Wildman–Crippen MR) is 64.2 cm³/mol. The lowest BCUT2D eigenvalue weighted by Crippen LogP contribution is -2.41. The number of nitrogens with one attached hydrogen (secondary N) is 1. The molecule has 0 bridgehead atoms. The molecule has 0 aromatic heterocycles. The van der Waals surface area contributed by atoms with E-state index < -0.39 is 0 Å². The maximum atomic E-state index is 11.4. The number of nitrogens with two attached hydrogens (primary N) is 1. The van der Waals surface area contributed by atoms with Crippen molar-refractivity contribution in [1.82, 2.24) is 5.43 Å². The zero-order valence-electron chi connectivity index (χ0n) is 9.49. The Morgan fingerprint density at radius 3 is 2.69 bits per heavy atom. The number of carbonyl (C=O) groups is 1. The van der Waals surface area contributed by atoms with E-state index in [2.05, 4.69) is 17.6 Å². The van der Waals surface area contributed by atoms with Gasteiger partial charge in [0, 0.05) is 12.7 Å². The van der Waals surface area contributed by atoms with Crippen LogP contribution in [0, 0.1) is 0 Å². The molecule has 4 nitrogen and oxygen atoms in total. The fraction of sp³-hybridized carbons (Fsp3) is 0.417. The van der Waals surface area contributed by atoms with Crippen LogP contribution in [0.5, 0.6) is 0 Å². The van der Waals surface area contributed by atoms with Gasteiger partial charge >= 0.3 is 6.03 Å². The highest BCUT2D eigenvalue weighted by Gasteiger charge is 2.13. The molecule has 86 valence electrons. The molecule has 16 heavy (non-hydrogen) atoms. The van der Waals surface area contributed by atoms with Crippen LogP contribution in [0.2, 0.25) is 0 Å². The number of hydrazine groups is 1. The highest BCUT2D eigenvalue weighted by atomic mass is 16.2. The van der Waals surface area contributed by atoms with Crippen molar-refractivity contribution in [3.63, 3.8) is 0 Å². The molecule has 2 amide bonds. The molecular weight excluding hydrogens is 202 g/mol. The van der Waals surface area contributed by atoms with Gasteiger partial charge in [0.25, 0.3) is 0 Å². The molecule has 1 aliphatic carbocycles. The second kappa shape index (κ2) is 4.53. The third kappa shape index (κ3) is 2.02. The van der Waals surface area contributed by atoms with E-state index in [0.717, 1.165) is 18.5 Å². The van der Waals surface area contributed by atoms with Crippen LogP contribution in [0.4, 0.5) is 10.5 Å². The Bertz CT molecular complexity index is 403. The summed E-state index contributed by atoms with van der Waals surface area (Å²) in [7, 11) is 1.72. The third-order valence-corrected chi connectivity index (χ3v) is 3.15. The summed E-state index contributed by atoms with van der Waals surface area (Å²) < 4.78 is 0. The fourth-order valence-electron chi connectivity index (χ4n) is 2.14. The van der Waals surface area contributed by atoms with Crippen LogP contribution < -0.4 is 16.2 Å². The van der Waals surface area contributed by atoms with Gasteiger partial charge in [0.2, 0.25) is 0 Å². The van der Waals surface area contributed by atoms with Crippen LogP contribution in [0.25, 0.3) is 0 Å². The lowest BCUT2D eigenvalue weighted by molar-refractivity contribution is 0.247. The van der Waals surface area contributed by atoms with Crippen LogP contribution in [0.15, 0.2) is 18.2 Å². The number of hydrogen-bond donors (Lipinski definition) is 2. The van der Waals surface area contributed by atoms with E-state index in [1.165, 1.54) is 28.9 Å². The summed E-state index contributed by atoms with van der Waals surface area (Å²) in [5.74, 6) is 5.11. The number of rotatable bonds is 1. The summed E-state index contributed by atoms with van der Waals surface area (Å²) in [6, 6.07) is 5.88. The van der Waals surface area contributed by atoms with Crippen molar-refractivity contribution >= 4 is 11.7 Å². The van der Waals surface area contributed by atoms with Crippen molar-refractivity contribution in [2.45, 2.75) is 25.7 Å². The highest BCUT2D eigenvalue weighted by Crippen LogP contribution is 2.25. The first-order valence-electron chi connectivity index (χ1n) is 5.58. The van der Waals surface area contributed by atoms with Gasteiger partial charge in [0.1, 0.15) is 0 Å². The Morgan fingerprint density at radius 2 is 2.00 bits per heavy atom. The average Bonchev–Trinajstić information content (AvgIpc) is 2.36. The lowest BCUT2D eigenvalue weighted by Gasteiger charge is -2.21. The normalized spacial score (nSPS) is 14.1. The quantitative estimate of drug-likeness (QED) is 0.428. The summed E-state index contributed by atoms with van der Waals surface area (Å²) in [5.41, 5.74) is 5.80. The number of benzene rings is 1. The molecule has 2 rings (SSSR count). The minimum absolute atomic E-state index is 0.296. The maximum Gasteiger partial charge on any atom is 0.335 e. The van der Waals surface area contributed by atoms with Gasteiger partial charge in [-0.3, -0.25) is 10.3 Å². The summed E-state index contributed by atoms with van der Waals surface area (Å²) in [4.78, 5) is 12.9. The molecule has 4 heteroatoms. The lowest BCUT2D eigenvalue weighted by atomic mass is 9.91. The Balaban J connectivity index is 2.26. The van der Waals surface area contributed by atoms with Gasteiger partial charge in [-0.1, -0.05) is 6.07 Å². The van der Waals surface area contributed by atoms with E-state index in [1.54, 1.807) is 7.05 Å². The number of aryl methyl sites for hydroxylation is 2. The first-order valence-corrected chi connectivity index (χ1v) is 5.58. The van der Waals surface area contributed by atoms with E-state index in [4.69, 9.17) is 5.84 Å². The van der Waals surface area contributed by atoms with Gasteiger partial charge in [-0.15, -0.1) is 0 Å². The van der Waals surface area contributed by atoms with Crippen LogP contribution >= 0.6 is 0 Å². The molecule has 1 aliphatic rings. The van der Waals surface area contributed by atoms with E-state index >= 15 is 0 Å². The molecule has 0 fully saturated rings.